The second kappa shape index (κ2) is 10.5. The van der Waals surface area contributed by atoms with Gasteiger partial charge in [0.1, 0.15) is 17.3 Å². The number of methoxy groups -OCH3 is 2. The van der Waals surface area contributed by atoms with Crippen LogP contribution >= 0.6 is 11.8 Å². The van der Waals surface area contributed by atoms with Gasteiger partial charge in [-0.25, -0.2) is 4.39 Å². The minimum atomic E-state index is -0.234. The second-order valence-corrected chi connectivity index (χ2v) is 6.56. The quantitative estimate of drug-likeness (QED) is 0.406. The topological polar surface area (TPSA) is 47.6 Å². The monoisotopic (exact) mass is 375 g/mol. The Bertz CT molecular complexity index is 747. The van der Waals surface area contributed by atoms with Crippen LogP contribution in [0.1, 0.15) is 12.0 Å². The maximum Gasteiger partial charge on any atom is 0.244 e. The van der Waals surface area contributed by atoms with E-state index in [0.717, 1.165) is 22.6 Å². The van der Waals surface area contributed by atoms with Crippen molar-refractivity contribution in [1.29, 1.82) is 0 Å². The van der Waals surface area contributed by atoms with Crippen LogP contribution in [0.3, 0.4) is 0 Å². The summed E-state index contributed by atoms with van der Waals surface area (Å²) in [5.74, 6) is 1.80. The predicted molar refractivity (Wildman–Crippen MR) is 103 cm³/mol. The molecule has 1 N–H and O–H groups in total. The zero-order valence-corrected chi connectivity index (χ0v) is 15.6. The largest absolute Gasteiger partial charge is 0.497 e. The molecule has 0 aliphatic carbocycles. The number of thioether (sulfide) groups is 1. The molecular weight excluding hydrogens is 353 g/mol. The summed E-state index contributed by atoms with van der Waals surface area (Å²) in [6.07, 6.45) is 4.02. The van der Waals surface area contributed by atoms with E-state index < -0.39 is 0 Å². The minimum Gasteiger partial charge on any atom is -0.497 e. The van der Waals surface area contributed by atoms with Crippen LogP contribution in [-0.4, -0.2) is 32.4 Å². The molecule has 0 atom stereocenters. The second-order valence-electron chi connectivity index (χ2n) is 5.39. The van der Waals surface area contributed by atoms with Crippen molar-refractivity contribution in [2.75, 3.05) is 26.5 Å². The first-order valence-corrected chi connectivity index (χ1v) is 9.17. The minimum absolute atomic E-state index is 0.158. The molecule has 0 spiro atoms. The smallest absolute Gasteiger partial charge is 0.244 e. The first kappa shape index (κ1) is 19.8. The van der Waals surface area contributed by atoms with Gasteiger partial charge < -0.3 is 14.8 Å². The third kappa shape index (κ3) is 6.44. The first-order chi connectivity index (χ1) is 12.6. The molecule has 6 heteroatoms. The SMILES string of the molecule is COc1ccc(/C=C/C(=O)NCCCSc2ccc(F)cc2)c(OC)c1. The number of benzene rings is 2. The van der Waals surface area contributed by atoms with Gasteiger partial charge in [-0.1, -0.05) is 0 Å². The van der Waals surface area contributed by atoms with Crippen molar-refractivity contribution < 1.29 is 18.7 Å². The Hall–Kier alpha value is -2.47. The van der Waals surface area contributed by atoms with E-state index in [4.69, 9.17) is 9.47 Å². The van der Waals surface area contributed by atoms with Gasteiger partial charge in [-0.2, -0.15) is 0 Å². The van der Waals surface area contributed by atoms with Gasteiger partial charge in [-0.05, 0) is 54.6 Å². The Morgan fingerprint density at radius 1 is 1.15 bits per heavy atom. The lowest BCUT2D eigenvalue weighted by Crippen LogP contribution is -2.22. The average Bonchev–Trinajstić information content (AvgIpc) is 2.67. The summed E-state index contributed by atoms with van der Waals surface area (Å²) < 4.78 is 23.3. The van der Waals surface area contributed by atoms with E-state index in [1.165, 1.54) is 18.2 Å². The van der Waals surface area contributed by atoms with Crippen LogP contribution < -0.4 is 14.8 Å². The highest BCUT2D eigenvalue weighted by Crippen LogP contribution is 2.25. The lowest BCUT2D eigenvalue weighted by Gasteiger charge is -2.07. The van der Waals surface area contributed by atoms with Crippen molar-refractivity contribution in [3.63, 3.8) is 0 Å². The van der Waals surface area contributed by atoms with Gasteiger partial charge in [-0.15, -0.1) is 11.8 Å². The van der Waals surface area contributed by atoms with Crippen LogP contribution in [0, 0.1) is 5.82 Å². The summed E-state index contributed by atoms with van der Waals surface area (Å²) in [4.78, 5) is 12.9. The van der Waals surface area contributed by atoms with Crippen molar-refractivity contribution >= 4 is 23.7 Å². The first-order valence-electron chi connectivity index (χ1n) is 8.18. The van der Waals surface area contributed by atoms with Crippen molar-refractivity contribution in [3.05, 3.63) is 59.9 Å². The van der Waals surface area contributed by atoms with Gasteiger partial charge in [0, 0.05) is 29.1 Å². The molecule has 2 aromatic rings. The fourth-order valence-corrected chi connectivity index (χ4v) is 3.04. The zero-order valence-electron chi connectivity index (χ0n) is 14.8. The third-order valence-corrected chi connectivity index (χ3v) is 4.66. The highest BCUT2D eigenvalue weighted by atomic mass is 32.2. The van der Waals surface area contributed by atoms with Gasteiger partial charge in [0.25, 0.3) is 0 Å². The van der Waals surface area contributed by atoms with Crippen molar-refractivity contribution in [2.24, 2.45) is 0 Å². The summed E-state index contributed by atoms with van der Waals surface area (Å²) in [7, 11) is 3.16. The number of rotatable bonds is 9. The number of hydrogen-bond acceptors (Lipinski definition) is 4. The number of nitrogens with one attached hydrogen (secondary N) is 1. The summed E-state index contributed by atoms with van der Waals surface area (Å²) in [5, 5.41) is 2.84. The van der Waals surface area contributed by atoms with Gasteiger partial charge in [0.05, 0.1) is 14.2 Å². The normalized spacial score (nSPS) is 10.7. The number of amides is 1. The van der Waals surface area contributed by atoms with E-state index >= 15 is 0 Å². The molecule has 138 valence electrons. The summed E-state index contributed by atoms with van der Waals surface area (Å²) >= 11 is 1.64. The van der Waals surface area contributed by atoms with Crippen LogP contribution in [0.15, 0.2) is 53.4 Å². The number of ether oxygens (including phenoxy) is 2. The molecule has 0 bridgehead atoms. The van der Waals surface area contributed by atoms with Gasteiger partial charge >= 0.3 is 0 Å². The van der Waals surface area contributed by atoms with E-state index in [-0.39, 0.29) is 11.7 Å². The molecule has 0 saturated heterocycles. The van der Waals surface area contributed by atoms with Crippen molar-refractivity contribution in [1.82, 2.24) is 5.32 Å². The van der Waals surface area contributed by atoms with E-state index in [1.807, 2.05) is 12.1 Å². The fraction of sp³-hybridized carbons (Fsp3) is 0.250. The Labute approximate surface area is 157 Å². The summed E-state index contributed by atoms with van der Waals surface area (Å²) in [6, 6.07) is 11.8. The van der Waals surface area contributed by atoms with Crippen LogP contribution in [0.5, 0.6) is 11.5 Å². The molecule has 0 radical (unpaired) electrons. The molecule has 0 aliphatic heterocycles. The number of carbonyl (C=O) groups is 1. The molecule has 2 aromatic carbocycles. The van der Waals surface area contributed by atoms with E-state index in [2.05, 4.69) is 5.32 Å². The fourth-order valence-electron chi connectivity index (χ4n) is 2.19. The van der Waals surface area contributed by atoms with E-state index in [1.54, 1.807) is 50.3 Å². The molecule has 26 heavy (non-hydrogen) atoms. The molecular formula is C20H22FNO3S. The van der Waals surface area contributed by atoms with Gasteiger partial charge in [0.2, 0.25) is 5.91 Å². The number of hydrogen-bond donors (Lipinski definition) is 1. The molecule has 0 unspecified atom stereocenters. The Morgan fingerprint density at radius 3 is 2.62 bits per heavy atom. The number of halogens is 1. The van der Waals surface area contributed by atoms with Crippen LogP contribution in [0.25, 0.3) is 6.08 Å². The van der Waals surface area contributed by atoms with Gasteiger partial charge in [-0.3, -0.25) is 4.79 Å². The predicted octanol–water partition coefficient (Wildman–Crippen LogP) is 4.15. The lowest BCUT2D eigenvalue weighted by molar-refractivity contribution is -0.116. The summed E-state index contributed by atoms with van der Waals surface area (Å²) in [6.45, 7) is 0.580. The van der Waals surface area contributed by atoms with Crippen molar-refractivity contribution in [2.45, 2.75) is 11.3 Å². The molecule has 0 saturated carbocycles. The van der Waals surface area contributed by atoms with Crippen molar-refractivity contribution in [3.8, 4) is 11.5 Å². The highest BCUT2D eigenvalue weighted by Gasteiger charge is 2.03. The van der Waals surface area contributed by atoms with Gasteiger partial charge in [0.15, 0.2) is 0 Å². The van der Waals surface area contributed by atoms with Crippen LogP contribution in [0.2, 0.25) is 0 Å². The Morgan fingerprint density at radius 2 is 1.92 bits per heavy atom. The average molecular weight is 375 g/mol. The molecule has 2 rings (SSSR count). The Balaban J connectivity index is 1.73. The maximum atomic E-state index is 12.8. The molecule has 0 heterocycles. The lowest BCUT2D eigenvalue weighted by atomic mass is 10.1. The van der Waals surface area contributed by atoms with E-state index in [0.29, 0.717) is 18.0 Å². The zero-order chi connectivity index (χ0) is 18.8. The molecule has 0 aliphatic rings. The van der Waals surface area contributed by atoms with E-state index in [9.17, 15) is 9.18 Å². The number of carbonyl (C=O) groups excluding carboxylic acids is 1. The highest BCUT2D eigenvalue weighted by molar-refractivity contribution is 7.99. The summed E-state index contributed by atoms with van der Waals surface area (Å²) in [5.41, 5.74) is 0.801. The Kier molecular flexibility index (Phi) is 8.02. The molecule has 0 aromatic heterocycles. The maximum absolute atomic E-state index is 12.8. The van der Waals surface area contributed by atoms with Crippen LogP contribution in [-0.2, 0) is 4.79 Å². The molecule has 4 nitrogen and oxygen atoms in total. The third-order valence-electron chi connectivity index (χ3n) is 3.56. The standard InChI is InChI=1S/C20H22FNO3S/c1-24-17-8-4-15(19(14-17)25-2)5-11-20(23)22-12-3-13-26-18-9-6-16(21)7-10-18/h4-11,14H,3,12-13H2,1-2H3,(H,22,23)/b11-5+. The molecule has 1 amide bonds. The molecule has 0 fully saturated rings. The van der Waals surface area contributed by atoms with Crippen LogP contribution in [0.4, 0.5) is 4.39 Å².